The lowest BCUT2D eigenvalue weighted by Crippen LogP contribution is -2.27. The van der Waals surface area contributed by atoms with Crippen LogP contribution in [0.3, 0.4) is 0 Å². The van der Waals surface area contributed by atoms with E-state index in [0.29, 0.717) is 12.1 Å². The topological polar surface area (TPSA) is 44.1 Å². The van der Waals surface area contributed by atoms with Crippen LogP contribution in [0.5, 0.6) is 0 Å². The zero-order valence-electron chi connectivity index (χ0n) is 15.4. The molecule has 3 aromatic carbocycles. The van der Waals surface area contributed by atoms with Gasteiger partial charge in [0.25, 0.3) is 5.91 Å². The highest BCUT2D eigenvalue weighted by Crippen LogP contribution is 2.16. The van der Waals surface area contributed by atoms with Gasteiger partial charge in [-0.05, 0) is 47.7 Å². The maximum atomic E-state index is 13.0. The lowest BCUT2D eigenvalue weighted by molar-refractivity contribution is 0.0784. The molecule has 3 nitrogen and oxygen atoms in total. The van der Waals surface area contributed by atoms with Crippen LogP contribution in [-0.4, -0.2) is 17.9 Å². The lowest BCUT2D eigenvalue weighted by Gasteiger charge is -2.19. The first-order chi connectivity index (χ1) is 13.2. The smallest absolute Gasteiger partial charge is 0.254 e. The van der Waals surface area contributed by atoms with Gasteiger partial charge < -0.3 is 4.90 Å². The standard InChI is InChI=1S/C24H22N2O/c1-26(18-21-11-7-10-20(16-21)17-25)24(27)23-13-6-5-12-22(23)15-14-19-8-3-2-4-9-19/h2-13,16H,14-15,18H2,1H3. The van der Waals surface area contributed by atoms with Crippen molar-refractivity contribution in [3.63, 3.8) is 0 Å². The van der Waals surface area contributed by atoms with Gasteiger partial charge in [0.1, 0.15) is 0 Å². The summed E-state index contributed by atoms with van der Waals surface area (Å²) in [7, 11) is 1.80. The molecular weight excluding hydrogens is 332 g/mol. The number of hydrogen-bond acceptors (Lipinski definition) is 2. The van der Waals surface area contributed by atoms with Crippen LogP contribution in [0.2, 0.25) is 0 Å². The van der Waals surface area contributed by atoms with Gasteiger partial charge in [-0.15, -0.1) is 0 Å². The van der Waals surface area contributed by atoms with Gasteiger partial charge in [0, 0.05) is 19.2 Å². The third-order valence-corrected chi connectivity index (χ3v) is 4.60. The van der Waals surface area contributed by atoms with E-state index >= 15 is 0 Å². The Morgan fingerprint density at radius 2 is 1.59 bits per heavy atom. The second-order valence-corrected chi connectivity index (χ2v) is 6.62. The van der Waals surface area contributed by atoms with Crippen molar-refractivity contribution in [2.45, 2.75) is 19.4 Å². The van der Waals surface area contributed by atoms with Crippen LogP contribution < -0.4 is 0 Å². The minimum atomic E-state index is 0.000947. The quantitative estimate of drug-likeness (QED) is 0.648. The summed E-state index contributed by atoms with van der Waals surface area (Å²) in [4.78, 5) is 14.7. The number of rotatable bonds is 6. The third kappa shape index (κ3) is 4.83. The number of carbonyl (C=O) groups is 1. The van der Waals surface area contributed by atoms with E-state index in [0.717, 1.165) is 29.5 Å². The number of nitrogens with zero attached hydrogens (tertiary/aromatic N) is 2. The molecule has 0 spiro atoms. The molecule has 0 aliphatic carbocycles. The Labute approximate surface area is 160 Å². The molecule has 0 atom stereocenters. The summed E-state index contributed by atoms with van der Waals surface area (Å²) in [6.07, 6.45) is 1.72. The van der Waals surface area contributed by atoms with Gasteiger partial charge in [-0.25, -0.2) is 0 Å². The normalized spacial score (nSPS) is 10.2. The molecule has 27 heavy (non-hydrogen) atoms. The molecule has 3 aromatic rings. The van der Waals surface area contributed by atoms with Crippen molar-refractivity contribution < 1.29 is 4.79 Å². The molecule has 0 saturated heterocycles. The van der Waals surface area contributed by atoms with Crippen LogP contribution in [0.1, 0.15) is 32.6 Å². The molecule has 0 heterocycles. The summed E-state index contributed by atoms with van der Waals surface area (Å²) in [5, 5.41) is 9.04. The van der Waals surface area contributed by atoms with Crippen LogP contribution in [0.25, 0.3) is 0 Å². The summed E-state index contributed by atoms with van der Waals surface area (Å²) >= 11 is 0. The number of nitriles is 1. The largest absolute Gasteiger partial charge is 0.337 e. The molecule has 0 aliphatic rings. The van der Waals surface area contributed by atoms with E-state index in [1.165, 1.54) is 5.56 Å². The number of carbonyl (C=O) groups excluding carboxylic acids is 1. The van der Waals surface area contributed by atoms with Gasteiger partial charge in [-0.1, -0.05) is 60.7 Å². The Morgan fingerprint density at radius 1 is 0.889 bits per heavy atom. The molecule has 0 bridgehead atoms. The van der Waals surface area contributed by atoms with Crippen molar-refractivity contribution in [1.82, 2.24) is 4.90 Å². The summed E-state index contributed by atoms with van der Waals surface area (Å²) in [6, 6.07) is 27.6. The average Bonchev–Trinajstić information content (AvgIpc) is 2.72. The van der Waals surface area contributed by atoms with Gasteiger partial charge in [0.2, 0.25) is 0 Å². The highest BCUT2D eigenvalue weighted by atomic mass is 16.2. The van der Waals surface area contributed by atoms with Crippen molar-refractivity contribution in [2.24, 2.45) is 0 Å². The van der Waals surface area contributed by atoms with Crippen LogP contribution in [0, 0.1) is 11.3 Å². The Kier molecular flexibility index (Phi) is 6.02. The van der Waals surface area contributed by atoms with Gasteiger partial charge >= 0.3 is 0 Å². The molecule has 0 aliphatic heterocycles. The fraction of sp³-hybridized carbons (Fsp3) is 0.167. The SMILES string of the molecule is CN(Cc1cccc(C#N)c1)C(=O)c1ccccc1CCc1ccccc1. The molecule has 0 radical (unpaired) electrons. The minimum absolute atomic E-state index is 0.000947. The monoisotopic (exact) mass is 354 g/mol. The fourth-order valence-electron chi connectivity index (χ4n) is 3.16. The summed E-state index contributed by atoms with van der Waals surface area (Å²) in [5.74, 6) is 0.000947. The number of aryl methyl sites for hydroxylation is 2. The zero-order chi connectivity index (χ0) is 19.1. The van der Waals surface area contributed by atoms with Crippen molar-refractivity contribution in [2.75, 3.05) is 7.05 Å². The summed E-state index contributed by atoms with van der Waals surface area (Å²) < 4.78 is 0. The molecular formula is C24H22N2O. The van der Waals surface area contributed by atoms with E-state index < -0.39 is 0 Å². The maximum absolute atomic E-state index is 13.0. The Hall–Kier alpha value is -3.38. The van der Waals surface area contributed by atoms with Crippen molar-refractivity contribution in [3.05, 3.63) is 107 Å². The minimum Gasteiger partial charge on any atom is -0.337 e. The van der Waals surface area contributed by atoms with Crippen LogP contribution >= 0.6 is 0 Å². The molecule has 0 saturated carbocycles. The van der Waals surface area contributed by atoms with Gasteiger partial charge in [0.05, 0.1) is 11.6 Å². The van der Waals surface area contributed by atoms with E-state index in [1.54, 1.807) is 18.0 Å². The Balaban J connectivity index is 1.73. The first-order valence-corrected chi connectivity index (χ1v) is 9.03. The first kappa shape index (κ1) is 18.4. The van der Waals surface area contributed by atoms with Crippen molar-refractivity contribution in [3.8, 4) is 6.07 Å². The predicted molar refractivity (Wildman–Crippen MR) is 107 cm³/mol. The third-order valence-electron chi connectivity index (χ3n) is 4.60. The average molecular weight is 354 g/mol. The summed E-state index contributed by atoms with van der Waals surface area (Å²) in [6.45, 7) is 0.474. The van der Waals surface area contributed by atoms with E-state index in [2.05, 4.69) is 18.2 Å². The molecule has 0 fully saturated rings. The number of benzene rings is 3. The van der Waals surface area contributed by atoms with E-state index in [1.807, 2.05) is 60.7 Å². The second-order valence-electron chi connectivity index (χ2n) is 6.62. The van der Waals surface area contributed by atoms with Gasteiger partial charge in [-0.3, -0.25) is 4.79 Å². The van der Waals surface area contributed by atoms with Gasteiger partial charge in [0.15, 0.2) is 0 Å². The van der Waals surface area contributed by atoms with E-state index in [9.17, 15) is 4.79 Å². The van der Waals surface area contributed by atoms with Crippen LogP contribution in [0.15, 0.2) is 78.9 Å². The molecule has 0 aromatic heterocycles. The number of hydrogen-bond donors (Lipinski definition) is 0. The maximum Gasteiger partial charge on any atom is 0.254 e. The second kappa shape index (κ2) is 8.82. The Bertz CT molecular complexity index is 957. The van der Waals surface area contributed by atoms with Crippen molar-refractivity contribution >= 4 is 5.91 Å². The molecule has 0 N–H and O–H groups in total. The van der Waals surface area contributed by atoms with E-state index in [4.69, 9.17) is 5.26 Å². The Morgan fingerprint density at radius 3 is 2.37 bits per heavy atom. The molecule has 3 rings (SSSR count). The van der Waals surface area contributed by atoms with E-state index in [-0.39, 0.29) is 5.91 Å². The summed E-state index contributed by atoms with van der Waals surface area (Å²) in [5.41, 5.74) is 4.63. The molecule has 3 heteroatoms. The predicted octanol–water partition coefficient (Wildman–Crippen LogP) is 4.62. The highest BCUT2D eigenvalue weighted by Gasteiger charge is 2.16. The first-order valence-electron chi connectivity index (χ1n) is 9.03. The highest BCUT2D eigenvalue weighted by molar-refractivity contribution is 5.95. The molecule has 0 unspecified atom stereocenters. The number of amides is 1. The zero-order valence-corrected chi connectivity index (χ0v) is 15.4. The van der Waals surface area contributed by atoms with Crippen LogP contribution in [-0.2, 0) is 19.4 Å². The molecule has 134 valence electrons. The fourth-order valence-corrected chi connectivity index (χ4v) is 3.16. The lowest BCUT2D eigenvalue weighted by atomic mass is 9.99. The molecule has 1 amide bonds. The van der Waals surface area contributed by atoms with Crippen LogP contribution in [0.4, 0.5) is 0 Å². The van der Waals surface area contributed by atoms with Crippen molar-refractivity contribution in [1.29, 1.82) is 5.26 Å². The van der Waals surface area contributed by atoms with Gasteiger partial charge in [-0.2, -0.15) is 5.26 Å².